The van der Waals surface area contributed by atoms with Crippen LogP contribution in [-0.2, 0) is 0 Å². The van der Waals surface area contributed by atoms with E-state index in [2.05, 4.69) is 55.9 Å². The van der Waals surface area contributed by atoms with Gasteiger partial charge in [0.2, 0.25) is 0 Å². The van der Waals surface area contributed by atoms with E-state index in [1.807, 2.05) is 7.05 Å². The quantitative estimate of drug-likeness (QED) is 0.153. The Bertz CT molecular complexity index is 585. The van der Waals surface area contributed by atoms with Crippen molar-refractivity contribution in [3.8, 4) is 0 Å². The molecule has 0 aromatic carbocycles. The maximum absolute atomic E-state index is 5.44. The smallest absolute Gasteiger partial charge is 0.0110 e. The van der Waals surface area contributed by atoms with Gasteiger partial charge in [-0.05, 0) is 204 Å². The van der Waals surface area contributed by atoms with Gasteiger partial charge in [-0.2, -0.15) is 0 Å². The van der Waals surface area contributed by atoms with Crippen molar-refractivity contribution in [2.75, 3.05) is 159 Å². The minimum Gasteiger partial charge on any atom is -0.330 e. The predicted molar refractivity (Wildman–Crippen MR) is 207 cm³/mol. The monoisotopic (exact) mass is 672 g/mol. The number of nitrogens with two attached hydrogens (primary N) is 4. The fourth-order valence-electron chi connectivity index (χ4n) is 6.10. The van der Waals surface area contributed by atoms with E-state index in [4.69, 9.17) is 22.9 Å². The summed E-state index contributed by atoms with van der Waals surface area (Å²) in [5.74, 6) is 0. The summed E-state index contributed by atoms with van der Waals surface area (Å²) in [6, 6.07) is 0. The summed E-state index contributed by atoms with van der Waals surface area (Å²) in [6.07, 6.45) is 15.7. The van der Waals surface area contributed by atoms with Crippen LogP contribution in [0.1, 0.15) is 77.0 Å². The lowest BCUT2D eigenvalue weighted by Gasteiger charge is -2.32. The van der Waals surface area contributed by atoms with Gasteiger partial charge in [0.15, 0.2) is 0 Å². The SMILES string of the molecule is CN(C)CCCN.CN1CCN(CCCN)CC1.CNCCCN1CCCC1.NCCCN1CCCC1.NCCCN1CCCCC1. The number of likely N-dealkylation sites (N-methyl/N-ethyl adjacent to an activating group) is 1. The van der Waals surface area contributed by atoms with Crippen molar-refractivity contribution in [2.45, 2.75) is 77.0 Å². The van der Waals surface area contributed by atoms with E-state index in [1.54, 1.807) is 0 Å². The third-order valence-corrected chi connectivity index (χ3v) is 9.19. The van der Waals surface area contributed by atoms with E-state index >= 15 is 0 Å². The fourth-order valence-corrected chi connectivity index (χ4v) is 6.10. The highest BCUT2D eigenvalue weighted by molar-refractivity contribution is 4.69. The number of nitrogens with zero attached hydrogens (tertiary/aromatic N) is 6. The van der Waals surface area contributed by atoms with E-state index in [-0.39, 0.29) is 0 Å². The standard InChI is InChI=1S/C8H19N3.2C8H18N2.C7H16N2.C5H14N2/c1-10-5-7-11(8-6-10)4-2-3-9;1-9-5-4-8-10-6-2-3-7-10;9-5-4-8-10-6-2-1-3-7-10;8-4-3-7-9-5-1-2-6-9;1-7(2)5-3-4-6/h2-9H2,1H3;9H,2-8H2,1H3;1-9H2;1-8H2;3-6H2,1-2H3. The zero-order chi connectivity index (χ0) is 34.8. The van der Waals surface area contributed by atoms with Gasteiger partial charge in [0.1, 0.15) is 0 Å². The molecule has 4 rings (SSSR count). The molecule has 0 radical (unpaired) electrons. The van der Waals surface area contributed by atoms with E-state index in [1.165, 1.54) is 156 Å². The number of likely N-dealkylation sites (tertiary alicyclic amines) is 3. The van der Waals surface area contributed by atoms with Gasteiger partial charge in [0.05, 0.1) is 0 Å². The lowest BCUT2D eigenvalue weighted by Crippen LogP contribution is -2.44. The van der Waals surface area contributed by atoms with Gasteiger partial charge < -0.3 is 57.7 Å². The topological polar surface area (TPSA) is 136 Å². The van der Waals surface area contributed by atoms with Gasteiger partial charge in [-0.1, -0.05) is 6.42 Å². The number of rotatable bonds is 16. The molecule has 0 aromatic heterocycles. The first-order chi connectivity index (χ1) is 22.9. The van der Waals surface area contributed by atoms with Crippen molar-refractivity contribution in [3.63, 3.8) is 0 Å². The first-order valence-corrected chi connectivity index (χ1v) is 19.6. The molecule has 0 aromatic rings. The normalized spacial score (nSPS) is 19.6. The highest BCUT2D eigenvalue weighted by Gasteiger charge is 2.12. The van der Waals surface area contributed by atoms with E-state index in [9.17, 15) is 0 Å². The molecular weight excluding hydrogens is 586 g/mol. The summed E-state index contributed by atoms with van der Waals surface area (Å²) in [7, 11) is 8.30. The van der Waals surface area contributed by atoms with Crippen LogP contribution in [0.3, 0.4) is 0 Å². The first kappa shape index (κ1) is 46.6. The number of hydrogen-bond donors (Lipinski definition) is 5. The largest absolute Gasteiger partial charge is 0.330 e. The molecule has 4 heterocycles. The molecule has 11 nitrogen and oxygen atoms in total. The second kappa shape index (κ2) is 35.4. The van der Waals surface area contributed by atoms with E-state index in [0.29, 0.717) is 0 Å². The highest BCUT2D eigenvalue weighted by Crippen LogP contribution is 2.09. The number of hydrogen-bond acceptors (Lipinski definition) is 11. The molecule has 284 valence electrons. The average molecular weight is 672 g/mol. The van der Waals surface area contributed by atoms with Gasteiger partial charge in [0, 0.05) is 26.2 Å². The second-order valence-electron chi connectivity index (χ2n) is 14.0. The van der Waals surface area contributed by atoms with Crippen LogP contribution in [0.25, 0.3) is 0 Å². The van der Waals surface area contributed by atoms with Crippen molar-refractivity contribution < 1.29 is 0 Å². The molecule has 11 heteroatoms. The van der Waals surface area contributed by atoms with Crippen LogP contribution < -0.4 is 28.3 Å². The maximum Gasteiger partial charge on any atom is 0.0110 e. The summed E-state index contributed by atoms with van der Waals surface area (Å²) in [4.78, 5) is 14.6. The zero-order valence-corrected chi connectivity index (χ0v) is 32.1. The van der Waals surface area contributed by atoms with Crippen LogP contribution in [-0.4, -0.2) is 188 Å². The summed E-state index contributed by atoms with van der Waals surface area (Å²) in [5.41, 5.74) is 21.5. The zero-order valence-electron chi connectivity index (χ0n) is 32.1. The lowest BCUT2D eigenvalue weighted by molar-refractivity contribution is 0.153. The molecular formula is C36H85N11. The van der Waals surface area contributed by atoms with Gasteiger partial charge in [-0.15, -0.1) is 0 Å². The van der Waals surface area contributed by atoms with E-state index < -0.39 is 0 Å². The van der Waals surface area contributed by atoms with Crippen LogP contribution in [0.15, 0.2) is 0 Å². The van der Waals surface area contributed by atoms with E-state index in [0.717, 1.165) is 52.1 Å². The van der Waals surface area contributed by atoms with Crippen molar-refractivity contribution in [1.29, 1.82) is 0 Å². The van der Waals surface area contributed by atoms with Crippen LogP contribution in [0.5, 0.6) is 0 Å². The number of piperazine rings is 1. The Morgan fingerprint density at radius 3 is 1.13 bits per heavy atom. The van der Waals surface area contributed by atoms with Crippen LogP contribution in [0, 0.1) is 0 Å². The van der Waals surface area contributed by atoms with Crippen LogP contribution in [0.4, 0.5) is 0 Å². The Balaban J connectivity index is 0.000000567. The predicted octanol–water partition coefficient (Wildman–Crippen LogP) is 1.42. The third kappa shape index (κ3) is 31.3. The molecule has 0 saturated carbocycles. The summed E-state index contributed by atoms with van der Waals surface area (Å²) >= 11 is 0. The van der Waals surface area contributed by atoms with Crippen molar-refractivity contribution in [3.05, 3.63) is 0 Å². The molecule has 4 aliphatic rings. The fraction of sp³-hybridized carbons (Fsp3) is 1.00. The molecule has 0 aliphatic carbocycles. The second-order valence-corrected chi connectivity index (χ2v) is 14.0. The van der Waals surface area contributed by atoms with Crippen molar-refractivity contribution in [1.82, 2.24) is 34.7 Å². The maximum atomic E-state index is 5.44. The highest BCUT2D eigenvalue weighted by atomic mass is 15.2. The Labute approximate surface area is 293 Å². The van der Waals surface area contributed by atoms with Crippen molar-refractivity contribution >= 4 is 0 Å². The van der Waals surface area contributed by atoms with Gasteiger partial charge in [-0.25, -0.2) is 0 Å². The Morgan fingerprint density at radius 2 is 0.809 bits per heavy atom. The molecule has 9 N–H and O–H groups in total. The average Bonchev–Trinajstić information content (AvgIpc) is 3.82. The molecule has 0 spiro atoms. The molecule has 0 bridgehead atoms. The lowest BCUT2D eigenvalue weighted by atomic mass is 10.1. The number of piperidine rings is 1. The molecule has 4 fully saturated rings. The third-order valence-electron chi connectivity index (χ3n) is 9.19. The molecule has 0 amide bonds. The van der Waals surface area contributed by atoms with Crippen LogP contribution in [0.2, 0.25) is 0 Å². The van der Waals surface area contributed by atoms with Gasteiger partial charge in [-0.3, -0.25) is 0 Å². The molecule has 4 saturated heterocycles. The first-order valence-electron chi connectivity index (χ1n) is 19.6. The minimum absolute atomic E-state index is 0.804. The van der Waals surface area contributed by atoms with Gasteiger partial charge in [0.25, 0.3) is 0 Å². The summed E-state index contributed by atoms with van der Waals surface area (Å²) < 4.78 is 0. The minimum atomic E-state index is 0.804. The molecule has 0 atom stereocenters. The van der Waals surface area contributed by atoms with Gasteiger partial charge >= 0.3 is 0 Å². The number of nitrogens with one attached hydrogen (secondary N) is 1. The Morgan fingerprint density at radius 1 is 0.468 bits per heavy atom. The molecule has 0 unspecified atom stereocenters. The molecule has 47 heavy (non-hydrogen) atoms. The van der Waals surface area contributed by atoms with Crippen molar-refractivity contribution in [2.24, 2.45) is 22.9 Å². The summed E-state index contributed by atoms with van der Waals surface area (Å²) in [5, 5.41) is 3.16. The molecule has 4 aliphatic heterocycles. The summed E-state index contributed by atoms with van der Waals surface area (Å²) in [6.45, 7) is 23.3. The Kier molecular flexibility index (Phi) is 35.1. The van der Waals surface area contributed by atoms with Crippen LogP contribution >= 0.6 is 0 Å². The Hall–Kier alpha value is -0.440.